The minimum atomic E-state index is -4.48. The summed E-state index contributed by atoms with van der Waals surface area (Å²) in [5.41, 5.74) is -0.908. The highest BCUT2D eigenvalue weighted by Gasteiger charge is 2.31. The van der Waals surface area contributed by atoms with Gasteiger partial charge in [0, 0.05) is 19.3 Å². The fraction of sp³-hybridized carbons (Fsp3) is 0.231. The number of aromatic nitrogens is 1. The van der Waals surface area contributed by atoms with Crippen molar-refractivity contribution >= 4 is 34.7 Å². The predicted octanol–water partition coefficient (Wildman–Crippen LogP) is 3.66. The van der Waals surface area contributed by atoms with Gasteiger partial charge in [0.05, 0.1) is 15.5 Å². The molecule has 2 N–H and O–H groups in total. The van der Waals surface area contributed by atoms with Crippen LogP contribution >= 0.6 is 22.9 Å². The van der Waals surface area contributed by atoms with Crippen LogP contribution < -0.4 is 10.6 Å². The van der Waals surface area contributed by atoms with Crippen LogP contribution in [0.25, 0.3) is 0 Å². The average Bonchev–Trinajstić information content (AvgIpc) is 2.97. The molecule has 2 rings (SSSR count). The Kier molecular flexibility index (Phi) is 5.25. The standard InChI is InChI=1S/C13H11ClF3N3OS/c14-9-6-8(13(15,16)17)7-20-11(9)18-3-4-19-12(21)10-2-1-5-22-10/h1-2,5-7H,3-4H2,(H,18,20)(H,19,21). The highest BCUT2D eigenvalue weighted by Crippen LogP contribution is 2.32. The molecular formula is C13H11ClF3N3OS. The Labute approximate surface area is 133 Å². The summed E-state index contributed by atoms with van der Waals surface area (Å²) in [6, 6.07) is 4.27. The number of halogens is 4. The molecule has 22 heavy (non-hydrogen) atoms. The molecule has 0 saturated carbocycles. The van der Waals surface area contributed by atoms with E-state index in [1.807, 2.05) is 0 Å². The molecule has 0 aliphatic heterocycles. The molecule has 9 heteroatoms. The second kappa shape index (κ2) is 6.97. The van der Waals surface area contributed by atoms with Crippen molar-refractivity contribution < 1.29 is 18.0 Å². The molecule has 0 unspecified atom stereocenters. The molecule has 0 aromatic carbocycles. The quantitative estimate of drug-likeness (QED) is 0.810. The Morgan fingerprint density at radius 1 is 1.36 bits per heavy atom. The molecule has 2 aromatic heterocycles. The van der Waals surface area contributed by atoms with Crippen molar-refractivity contribution in [3.8, 4) is 0 Å². The molecule has 0 spiro atoms. The number of nitrogens with one attached hydrogen (secondary N) is 2. The van der Waals surface area contributed by atoms with Gasteiger partial charge in [0.25, 0.3) is 5.91 Å². The summed E-state index contributed by atoms with van der Waals surface area (Å²) < 4.78 is 37.4. The summed E-state index contributed by atoms with van der Waals surface area (Å²) in [6.07, 6.45) is -3.78. The largest absolute Gasteiger partial charge is 0.417 e. The van der Waals surface area contributed by atoms with Gasteiger partial charge in [-0.1, -0.05) is 17.7 Å². The number of pyridine rings is 1. The van der Waals surface area contributed by atoms with Crippen LogP contribution in [-0.4, -0.2) is 24.0 Å². The Balaban J connectivity index is 1.83. The minimum Gasteiger partial charge on any atom is -0.367 e. The van der Waals surface area contributed by atoms with Crippen molar-refractivity contribution in [3.63, 3.8) is 0 Å². The molecule has 4 nitrogen and oxygen atoms in total. The van der Waals surface area contributed by atoms with Gasteiger partial charge in [-0.2, -0.15) is 13.2 Å². The fourth-order valence-corrected chi connectivity index (χ4v) is 2.45. The van der Waals surface area contributed by atoms with Crippen LogP contribution in [0.2, 0.25) is 5.02 Å². The van der Waals surface area contributed by atoms with Crippen LogP contribution in [0.1, 0.15) is 15.2 Å². The lowest BCUT2D eigenvalue weighted by Gasteiger charge is -2.11. The van der Waals surface area contributed by atoms with Crippen LogP contribution in [0.15, 0.2) is 29.8 Å². The van der Waals surface area contributed by atoms with Crippen molar-refractivity contribution in [2.45, 2.75) is 6.18 Å². The van der Waals surface area contributed by atoms with Gasteiger partial charge in [-0.05, 0) is 17.5 Å². The van der Waals surface area contributed by atoms with Crippen molar-refractivity contribution in [3.05, 3.63) is 45.2 Å². The van der Waals surface area contributed by atoms with Crippen LogP contribution in [0.3, 0.4) is 0 Å². The zero-order valence-corrected chi connectivity index (χ0v) is 12.6. The van der Waals surface area contributed by atoms with Crippen LogP contribution in [0.5, 0.6) is 0 Å². The van der Waals surface area contributed by atoms with Gasteiger partial charge in [0.1, 0.15) is 5.82 Å². The number of carbonyl (C=O) groups excluding carboxylic acids is 1. The SMILES string of the molecule is O=C(NCCNc1ncc(C(F)(F)F)cc1Cl)c1cccs1. The van der Waals surface area contributed by atoms with Gasteiger partial charge in [-0.3, -0.25) is 4.79 Å². The topological polar surface area (TPSA) is 54.0 Å². The molecule has 0 aliphatic carbocycles. The molecule has 0 saturated heterocycles. The lowest BCUT2D eigenvalue weighted by Crippen LogP contribution is -2.28. The maximum absolute atomic E-state index is 12.5. The molecule has 118 valence electrons. The molecular weight excluding hydrogens is 339 g/mol. The van der Waals surface area contributed by atoms with E-state index in [-0.39, 0.29) is 29.8 Å². The smallest absolute Gasteiger partial charge is 0.367 e. The molecule has 0 bridgehead atoms. The van der Waals surface area contributed by atoms with Gasteiger partial charge < -0.3 is 10.6 Å². The third-order valence-electron chi connectivity index (χ3n) is 2.62. The average molecular weight is 350 g/mol. The molecule has 0 fully saturated rings. The van der Waals surface area contributed by atoms with E-state index in [0.717, 1.165) is 6.07 Å². The monoisotopic (exact) mass is 349 g/mol. The van der Waals surface area contributed by atoms with Gasteiger partial charge in [-0.25, -0.2) is 4.98 Å². The highest BCUT2D eigenvalue weighted by atomic mass is 35.5. The Bertz CT molecular complexity index is 646. The number of thiophene rings is 1. The second-order valence-corrected chi connectivity index (χ2v) is 5.57. The van der Waals surface area contributed by atoms with Gasteiger partial charge in [-0.15, -0.1) is 11.3 Å². The third-order valence-corrected chi connectivity index (χ3v) is 3.77. The van der Waals surface area contributed by atoms with E-state index in [1.165, 1.54) is 11.3 Å². The van der Waals surface area contributed by atoms with Crippen LogP contribution in [0, 0.1) is 0 Å². The summed E-state index contributed by atoms with van der Waals surface area (Å²) in [4.78, 5) is 15.9. The number of hydrogen-bond acceptors (Lipinski definition) is 4. The number of rotatable bonds is 5. The first-order valence-corrected chi connectivity index (χ1v) is 7.42. The van der Waals surface area contributed by atoms with E-state index in [1.54, 1.807) is 17.5 Å². The summed E-state index contributed by atoms with van der Waals surface area (Å²) in [6.45, 7) is 0.574. The van der Waals surface area contributed by atoms with E-state index < -0.39 is 11.7 Å². The van der Waals surface area contributed by atoms with E-state index in [0.29, 0.717) is 11.1 Å². The summed E-state index contributed by atoms with van der Waals surface area (Å²) in [5, 5.41) is 7.10. The van der Waals surface area contributed by atoms with Crippen molar-refractivity contribution in [1.29, 1.82) is 0 Å². The number of hydrogen-bond donors (Lipinski definition) is 2. The van der Waals surface area contributed by atoms with E-state index in [2.05, 4.69) is 15.6 Å². The van der Waals surface area contributed by atoms with Gasteiger partial charge in [0.15, 0.2) is 0 Å². The van der Waals surface area contributed by atoms with Crippen molar-refractivity contribution in [2.75, 3.05) is 18.4 Å². The lowest BCUT2D eigenvalue weighted by atomic mass is 10.3. The Morgan fingerprint density at radius 2 is 2.14 bits per heavy atom. The first-order valence-electron chi connectivity index (χ1n) is 6.16. The van der Waals surface area contributed by atoms with Gasteiger partial charge >= 0.3 is 6.18 Å². The number of alkyl halides is 3. The molecule has 2 aromatic rings. The first-order chi connectivity index (χ1) is 10.4. The van der Waals surface area contributed by atoms with E-state index >= 15 is 0 Å². The van der Waals surface area contributed by atoms with Crippen molar-refractivity contribution in [1.82, 2.24) is 10.3 Å². The number of anilines is 1. The second-order valence-electron chi connectivity index (χ2n) is 4.21. The third kappa shape index (κ3) is 4.35. The zero-order valence-electron chi connectivity index (χ0n) is 11.1. The summed E-state index contributed by atoms with van der Waals surface area (Å²) >= 11 is 7.07. The van der Waals surface area contributed by atoms with E-state index in [4.69, 9.17) is 11.6 Å². The number of carbonyl (C=O) groups is 1. The number of nitrogens with zero attached hydrogens (tertiary/aromatic N) is 1. The van der Waals surface area contributed by atoms with E-state index in [9.17, 15) is 18.0 Å². The number of amides is 1. The first kappa shape index (κ1) is 16.6. The van der Waals surface area contributed by atoms with Gasteiger partial charge in [0.2, 0.25) is 0 Å². The maximum Gasteiger partial charge on any atom is 0.417 e. The van der Waals surface area contributed by atoms with Crippen LogP contribution in [-0.2, 0) is 6.18 Å². The highest BCUT2D eigenvalue weighted by molar-refractivity contribution is 7.12. The summed E-state index contributed by atoms with van der Waals surface area (Å²) in [7, 11) is 0. The Morgan fingerprint density at radius 3 is 2.73 bits per heavy atom. The summed E-state index contributed by atoms with van der Waals surface area (Å²) in [5.74, 6) is -0.0664. The predicted molar refractivity (Wildman–Crippen MR) is 79.4 cm³/mol. The van der Waals surface area contributed by atoms with Crippen LogP contribution in [0.4, 0.5) is 19.0 Å². The van der Waals surface area contributed by atoms with Crippen molar-refractivity contribution in [2.24, 2.45) is 0 Å². The Hall–Kier alpha value is -1.80. The molecule has 2 heterocycles. The fourth-order valence-electron chi connectivity index (χ4n) is 1.57. The zero-order chi connectivity index (χ0) is 16.2. The maximum atomic E-state index is 12.5. The molecule has 1 amide bonds. The molecule has 0 atom stereocenters. The molecule has 0 aliphatic rings. The normalized spacial score (nSPS) is 11.3. The lowest BCUT2D eigenvalue weighted by molar-refractivity contribution is -0.137. The molecule has 0 radical (unpaired) electrons. The minimum absolute atomic E-state index is 0.126.